The van der Waals surface area contributed by atoms with Crippen molar-refractivity contribution in [2.75, 3.05) is 13.7 Å². The summed E-state index contributed by atoms with van der Waals surface area (Å²) in [5.41, 5.74) is 1.21. The van der Waals surface area contributed by atoms with Gasteiger partial charge in [-0.25, -0.2) is 0 Å². The standard InChI is InChI=1S/C10H19N3O/c1-4-10(8-14-3)11-5-9-6-12-13(2)7-9/h6-7,10-11H,4-5,8H2,1-3H3/t10-/m0/s1. The smallest absolute Gasteiger partial charge is 0.0615 e. The maximum atomic E-state index is 5.11. The second-order valence-electron chi connectivity index (χ2n) is 3.46. The Bertz CT molecular complexity index is 260. The number of aryl methyl sites for hydroxylation is 1. The van der Waals surface area contributed by atoms with E-state index in [1.54, 1.807) is 7.11 Å². The van der Waals surface area contributed by atoms with Gasteiger partial charge in [0.1, 0.15) is 0 Å². The first-order valence-corrected chi connectivity index (χ1v) is 4.96. The van der Waals surface area contributed by atoms with Gasteiger partial charge < -0.3 is 10.1 Å². The molecule has 0 aliphatic carbocycles. The van der Waals surface area contributed by atoms with Gasteiger partial charge in [0.25, 0.3) is 0 Å². The van der Waals surface area contributed by atoms with E-state index in [9.17, 15) is 0 Å². The highest BCUT2D eigenvalue weighted by Crippen LogP contribution is 1.98. The largest absolute Gasteiger partial charge is 0.383 e. The first-order valence-electron chi connectivity index (χ1n) is 4.96. The van der Waals surface area contributed by atoms with Gasteiger partial charge in [-0.1, -0.05) is 6.92 Å². The molecule has 0 amide bonds. The van der Waals surface area contributed by atoms with Crippen LogP contribution in [-0.2, 0) is 18.3 Å². The van der Waals surface area contributed by atoms with Crippen LogP contribution >= 0.6 is 0 Å². The summed E-state index contributed by atoms with van der Waals surface area (Å²) in [6, 6.07) is 0.431. The number of methoxy groups -OCH3 is 1. The van der Waals surface area contributed by atoms with Gasteiger partial charge in [-0.2, -0.15) is 5.10 Å². The Morgan fingerprint density at radius 2 is 2.43 bits per heavy atom. The molecule has 4 nitrogen and oxygen atoms in total. The molecule has 0 spiro atoms. The molecule has 0 unspecified atom stereocenters. The molecular formula is C10H19N3O. The van der Waals surface area contributed by atoms with Gasteiger partial charge in [-0.05, 0) is 6.42 Å². The molecule has 0 bridgehead atoms. The van der Waals surface area contributed by atoms with E-state index in [1.165, 1.54) is 5.56 Å². The molecule has 1 aromatic rings. The summed E-state index contributed by atoms with van der Waals surface area (Å²) in [5.74, 6) is 0. The maximum absolute atomic E-state index is 5.11. The van der Waals surface area contributed by atoms with E-state index >= 15 is 0 Å². The SMILES string of the molecule is CC[C@@H](COC)NCc1cnn(C)c1. The molecule has 1 atom stereocenters. The summed E-state index contributed by atoms with van der Waals surface area (Å²) in [6.07, 6.45) is 4.98. The van der Waals surface area contributed by atoms with Crippen molar-refractivity contribution in [2.45, 2.75) is 25.9 Å². The molecule has 1 rings (SSSR count). The van der Waals surface area contributed by atoms with E-state index in [0.29, 0.717) is 6.04 Å². The van der Waals surface area contributed by atoms with Crippen LogP contribution in [0.25, 0.3) is 0 Å². The quantitative estimate of drug-likeness (QED) is 0.737. The summed E-state index contributed by atoms with van der Waals surface area (Å²) >= 11 is 0. The van der Waals surface area contributed by atoms with Crippen LogP contribution in [0.3, 0.4) is 0 Å². The summed E-state index contributed by atoms with van der Waals surface area (Å²) in [4.78, 5) is 0. The van der Waals surface area contributed by atoms with E-state index in [4.69, 9.17) is 4.74 Å². The molecule has 1 aromatic heterocycles. The molecule has 0 aromatic carbocycles. The van der Waals surface area contributed by atoms with Crippen molar-refractivity contribution in [1.29, 1.82) is 0 Å². The van der Waals surface area contributed by atoms with Gasteiger partial charge in [-0.15, -0.1) is 0 Å². The van der Waals surface area contributed by atoms with Crippen molar-refractivity contribution in [3.8, 4) is 0 Å². The topological polar surface area (TPSA) is 39.1 Å². The zero-order valence-electron chi connectivity index (χ0n) is 9.16. The number of rotatable bonds is 6. The van der Waals surface area contributed by atoms with Crippen LogP contribution in [0.1, 0.15) is 18.9 Å². The van der Waals surface area contributed by atoms with Gasteiger partial charge in [-0.3, -0.25) is 4.68 Å². The van der Waals surface area contributed by atoms with Crippen LogP contribution in [0.2, 0.25) is 0 Å². The highest BCUT2D eigenvalue weighted by molar-refractivity contribution is 5.03. The van der Waals surface area contributed by atoms with Crippen LogP contribution in [0.4, 0.5) is 0 Å². The van der Waals surface area contributed by atoms with Crippen molar-refractivity contribution < 1.29 is 4.74 Å². The van der Waals surface area contributed by atoms with Crippen molar-refractivity contribution in [3.05, 3.63) is 18.0 Å². The number of nitrogens with one attached hydrogen (secondary N) is 1. The maximum Gasteiger partial charge on any atom is 0.0615 e. The number of hydrogen-bond donors (Lipinski definition) is 1. The molecule has 0 aliphatic rings. The Morgan fingerprint density at radius 3 is 2.93 bits per heavy atom. The number of nitrogens with zero attached hydrogens (tertiary/aromatic N) is 2. The summed E-state index contributed by atoms with van der Waals surface area (Å²) in [6.45, 7) is 3.77. The first kappa shape index (κ1) is 11.2. The third-order valence-corrected chi connectivity index (χ3v) is 2.21. The monoisotopic (exact) mass is 197 g/mol. The van der Waals surface area contributed by atoms with E-state index in [-0.39, 0.29) is 0 Å². The van der Waals surface area contributed by atoms with Gasteiger partial charge in [0, 0.05) is 38.5 Å². The van der Waals surface area contributed by atoms with Crippen molar-refractivity contribution in [1.82, 2.24) is 15.1 Å². The Balaban J connectivity index is 2.31. The van der Waals surface area contributed by atoms with Crippen LogP contribution < -0.4 is 5.32 Å². The predicted molar refractivity (Wildman–Crippen MR) is 56.0 cm³/mol. The predicted octanol–water partition coefficient (Wildman–Crippen LogP) is 0.935. The van der Waals surface area contributed by atoms with Crippen molar-refractivity contribution in [3.63, 3.8) is 0 Å². The molecule has 0 aliphatic heterocycles. The highest BCUT2D eigenvalue weighted by Gasteiger charge is 2.04. The van der Waals surface area contributed by atoms with Crippen molar-refractivity contribution in [2.24, 2.45) is 7.05 Å². The summed E-state index contributed by atoms with van der Waals surface area (Å²) in [7, 11) is 3.66. The minimum absolute atomic E-state index is 0.431. The molecule has 4 heteroatoms. The lowest BCUT2D eigenvalue weighted by Gasteiger charge is -2.14. The van der Waals surface area contributed by atoms with Crippen LogP contribution in [0.15, 0.2) is 12.4 Å². The Hall–Kier alpha value is -0.870. The average Bonchev–Trinajstić information content (AvgIpc) is 2.59. The fourth-order valence-corrected chi connectivity index (χ4v) is 1.35. The molecule has 1 heterocycles. The Kier molecular flexibility index (Phi) is 4.62. The van der Waals surface area contributed by atoms with Gasteiger partial charge in [0.15, 0.2) is 0 Å². The second-order valence-corrected chi connectivity index (χ2v) is 3.46. The Morgan fingerprint density at radius 1 is 1.64 bits per heavy atom. The lowest BCUT2D eigenvalue weighted by atomic mass is 10.2. The summed E-state index contributed by atoms with van der Waals surface area (Å²) < 4.78 is 6.92. The Labute approximate surface area is 85.3 Å². The highest BCUT2D eigenvalue weighted by atomic mass is 16.5. The fraction of sp³-hybridized carbons (Fsp3) is 0.700. The molecule has 0 saturated heterocycles. The zero-order valence-corrected chi connectivity index (χ0v) is 9.16. The third kappa shape index (κ3) is 3.47. The van der Waals surface area contributed by atoms with E-state index in [1.807, 2.05) is 24.1 Å². The van der Waals surface area contributed by atoms with Crippen molar-refractivity contribution >= 4 is 0 Å². The molecule has 80 valence electrons. The minimum atomic E-state index is 0.431. The van der Waals surface area contributed by atoms with E-state index < -0.39 is 0 Å². The zero-order chi connectivity index (χ0) is 10.4. The average molecular weight is 197 g/mol. The summed E-state index contributed by atoms with van der Waals surface area (Å²) in [5, 5.41) is 7.53. The second kappa shape index (κ2) is 5.78. The minimum Gasteiger partial charge on any atom is -0.383 e. The van der Waals surface area contributed by atoms with Gasteiger partial charge >= 0.3 is 0 Å². The van der Waals surface area contributed by atoms with E-state index in [2.05, 4.69) is 17.3 Å². The molecule has 14 heavy (non-hydrogen) atoms. The lowest BCUT2D eigenvalue weighted by Crippen LogP contribution is -2.31. The van der Waals surface area contributed by atoms with E-state index in [0.717, 1.165) is 19.6 Å². The molecule has 0 saturated carbocycles. The molecule has 0 fully saturated rings. The van der Waals surface area contributed by atoms with Gasteiger partial charge in [0.2, 0.25) is 0 Å². The number of hydrogen-bond acceptors (Lipinski definition) is 3. The van der Waals surface area contributed by atoms with Crippen LogP contribution in [-0.4, -0.2) is 29.5 Å². The fourth-order valence-electron chi connectivity index (χ4n) is 1.35. The van der Waals surface area contributed by atoms with Crippen LogP contribution in [0.5, 0.6) is 0 Å². The molecular weight excluding hydrogens is 178 g/mol. The first-order chi connectivity index (χ1) is 6.76. The third-order valence-electron chi connectivity index (χ3n) is 2.21. The van der Waals surface area contributed by atoms with Gasteiger partial charge in [0.05, 0.1) is 12.8 Å². The lowest BCUT2D eigenvalue weighted by molar-refractivity contribution is 0.164. The molecule has 0 radical (unpaired) electrons. The molecule has 1 N–H and O–H groups in total. The van der Waals surface area contributed by atoms with Crippen LogP contribution in [0, 0.1) is 0 Å². The number of ether oxygens (including phenoxy) is 1. The normalized spacial score (nSPS) is 13.1. The number of aromatic nitrogens is 2.